The van der Waals surface area contributed by atoms with Gasteiger partial charge in [-0.15, -0.1) is 0 Å². The fourth-order valence-electron chi connectivity index (χ4n) is 3.49. The summed E-state index contributed by atoms with van der Waals surface area (Å²) in [6.45, 7) is 1.30. The average molecular weight is 410 g/mol. The zero-order valence-electron chi connectivity index (χ0n) is 17.0. The van der Waals surface area contributed by atoms with Crippen molar-refractivity contribution in [2.45, 2.75) is 25.9 Å². The van der Waals surface area contributed by atoms with Crippen LogP contribution in [0.25, 0.3) is 22.5 Å². The Morgan fingerprint density at radius 3 is 2.42 bits per heavy atom. The zero-order valence-corrected chi connectivity index (χ0v) is 17.0. The highest BCUT2D eigenvalue weighted by Crippen LogP contribution is 2.32. The van der Waals surface area contributed by atoms with Gasteiger partial charge in [-0.1, -0.05) is 6.07 Å². The van der Waals surface area contributed by atoms with Gasteiger partial charge in [-0.3, -0.25) is 14.8 Å². The molecule has 5 rings (SSSR count). The van der Waals surface area contributed by atoms with Crippen LogP contribution in [0.3, 0.4) is 0 Å². The topological polar surface area (TPSA) is 85.6 Å². The Balaban J connectivity index is 1.38. The molecule has 0 aliphatic heterocycles. The van der Waals surface area contributed by atoms with Crippen LogP contribution in [0.2, 0.25) is 0 Å². The summed E-state index contributed by atoms with van der Waals surface area (Å²) >= 11 is 0. The largest absolute Gasteiger partial charge is 0.347 e. The van der Waals surface area contributed by atoms with Crippen molar-refractivity contribution in [1.29, 1.82) is 0 Å². The van der Waals surface area contributed by atoms with Gasteiger partial charge in [0.05, 0.1) is 0 Å². The summed E-state index contributed by atoms with van der Waals surface area (Å²) < 4.78 is 2.06. The minimum Gasteiger partial charge on any atom is -0.347 e. The number of hydrogen-bond acceptors (Lipinski definition) is 5. The van der Waals surface area contributed by atoms with Crippen LogP contribution >= 0.6 is 0 Å². The number of pyridine rings is 2. The van der Waals surface area contributed by atoms with Crippen LogP contribution in [0.5, 0.6) is 0 Å². The van der Waals surface area contributed by atoms with E-state index in [0.717, 1.165) is 28.8 Å². The van der Waals surface area contributed by atoms with E-state index in [9.17, 15) is 4.79 Å². The maximum Gasteiger partial charge on any atom is 0.268 e. The smallest absolute Gasteiger partial charge is 0.268 e. The summed E-state index contributed by atoms with van der Waals surface area (Å²) in [5.74, 6) is 1.18. The van der Waals surface area contributed by atoms with E-state index in [1.807, 2.05) is 36.5 Å². The number of hydrogen-bond donors (Lipinski definition) is 1. The summed E-state index contributed by atoms with van der Waals surface area (Å²) in [6, 6.07) is 9.52. The molecule has 1 saturated carbocycles. The first-order valence-electron chi connectivity index (χ1n) is 10.4. The zero-order chi connectivity index (χ0) is 21.0. The minimum absolute atomic E-state index is 0.0938. The van der Waals surface area contributed by atoms with Crippen LogP contribution in [-0.2, 0) is 13.1 Å². The van der Waals surface area contributed by atoms with Crippen molar-refractivity contribution in [3.05, 3.63) is 85.0 Å². The van der Waals surface area contributed by atoms with Gasteiger partial charge in [0.1, 0.15) is 5.69 Å². The maximum atomic E-state index is 12.9. The van der Waals surface area contributed by atoms with E-state index in [-0.39, 0.29) is 5.91 Å². The molecule has 1 aliphatic rings. The van der Waals surface area contributed by atoms with Gasteiger partial charge in [-0.05, 0) is 48.6 Å². The standard InChI is InChI=1S/C24H22N6O/c31-24(29-11-18-3-1-7-25-10-18)22-9-20(16-30(22)15-17-5-6-17)21-13-27-23(28-14-21)19-4-2-8-26-12-19/h1-4,7-10,12-14,16-17H,5-6,11,15H2,(H,29,31). The predicted octanol–water partition coefficient (Wildman–Crippen LogP) is 3.74. The maximum absolute atomic E-state index is 12.9. The van der Waals surface area contributed by atoms with E-state index in [4.69, 9.17) is 0 Å². The predicted molar refractivity (Wildman–Crippen MR) is 117 cm³/mol. The number of rotatable bonds is 7. The normalized spacial score (nSPS) is 13.2. The average Bonchev–Trinajstić information content (AvgIpc) is 3.55. The summed E-state index contributed by atoms with van der Waals surface area (Å²) in [6.07, 6.45) is 15.0. The highest BCUT2D eigenvalue weighted by molar-refractivity contribution is 5.94. The molecule has 1 aliphatic carbocycles. The van der Waals surface area contributed by atoms with Gasteiger partial charge in [0.25, 0.3) is 5.91 Å². The van der Waals surface area contributed by atoms with Crippen LogP contribution in [-0.4, -0.2) is 30.4 Å². The van der Waals surface area contributed by atoms with Crippen molar-refractivity contribution < 1.29 is 4.79 Å². The molecule has 1 fully saturated rings. The second-order valence-corrected chi connectivity index (χ2v) is 7.79. The molecular formula is C24H22N6O. The van der Waals surface area contributed by atoms with Gasteiger partial charge in [0, 0.05) is 73.2 Å². The molecule has 1 amide bonds. The van der Waals surface area contributed by atoms with Gasteiger partial charge in [-0.25, -0.2) is 9.97 Å². The van der Waals surface area contributed by atoms with E-state index < -0.39 is 0 Å². The molecule has 31 heavy (non-hydrogen) atoms. The first-order chi connectivity index (χ1) is 15.3. The fourth-order valence-corrected chi connectivity index (χ4v) is 3.49. The summed E-state index contributed by atoms with van der Waals surface area (Å²) in [5, 5.41) is 3.01. The molecule has 0 aromatic carbocycles. The lowest BCUT2D eigenvalue weighted by atomic mass is 10.1. The summed E-state index contributed by atoms with van der Waals surface area (Å²) in [5.41, 5.74) is 4.31. The molecule has 0 bridgehead atoms. The Morgan fingerprint density at radius 1 is 0.968 bits per heavy atom. The van der Waals surface area contributed by atoms with E-state index in [1.54, 1.807) is 37.2 Å². The molecule has 154 valence electrons. The second-order valence-electron chi connectivity index (χ2n) is 7.79. The van der Waals surface area contributed by atoms with Crippen LogP contribution in [0, 0.1) is 5.92 Å². The SMILES string of the molecule is O=C(NCc1cccnc1)c1cc(-c2cnc(-c3cccnc3)nc2)cn1CC1CC1. The number of nitrogens with zero attached hydrogens (tertiary/aromatic N) is 5. The molecule has 7 heteroatoms. The lowest BCUT2D eigenvalue weighted by Crippen LogP contribution is -2.25. The number of nitrogens with one attached hydrogen (secondary N) is 1. The lowest BCUT2D eigenvalue weighted by Gasteiger charge is -2.09. The van der Waals surface area contributed by atoms with E-state index in [0.29, 0.717) is 24.0 Å². The Kier molecular flexibility index (Phi) is 5.22. The quantitative estimate of drug-likeness (QED) is 0.502. The number of amides is 1. The monoisotopic (exact) mass is 410 g/mol. The molecule has 1 N–H and O–H groups in total. The summed E-state index contributed by atoms with van der Waals surface area (Å²) in [4.78, 5) is 30.1. The molecule has 4 aromatic rings. The molecule has 7 nitrogen and oxygen atoms in total. The first kappa shape index (κ1) is 19.1. The van der Waals surface area contributed by atoms with Crippen LogP contribution in [0.1, 0.15) is 28.9 Å². The lowest BCUT2D eigenvalue weighted by molar-refractivity contribution is 0.0941. The molecule has 4 heterocycles. The molecule has 0 unspecified atom stereocenters. The number of aromatic nitrogens is 5. The molecule has 0 atom stereocenters. The second kappa shape index (κ2) is 8.47. The van der Waals surface area contributed by atoms with E-state index in [2.05, 4.69) is 29.8 Å². The van der Waals surface area contributed by atoms with Crippen molar-refractivity contribution in [3.63, 3.8) is 0 Å². The molecule has 0 radical (unpaired) electrons. The Labute approximate surface area is 180 Å². The third-order valence-corrected chi connectivity index (χ3v) is 5.36. The van der Waals surface area contributed by atoms with Crippen molar-refractivity contribution in [3.8, 4) is 22.5 Å². The van der Waals surface area contributed by atoms with Crippen LogP contribution in [0.15, 0.2) is 73.7 Å². The van der Waals surface area contributed by atoms with E-state index in [1.165, 1.54) is 12.8 Å². The minimum atomic E-state index is -0.0938. The van der Waals surface area contributed by atoms with Gasteiger partial charge in [0.2, 0.25) is 0 Å². The van der Waals surface area contributed by atoms with Crippen LogP contribution < -0.4 is 5.32 Å². The Morgan fingerprint density at radius 2 is 1.74 bits per heavy atom. The Bertz CT molecular complexity index is 1170. The number of carbonyl (C=O) groups excluding carboxylic acids is 1. The third-order valence-electron chi connectivity index (χ3n) is 5.36. The third kappa shape index (κ3) is 4.50. The molecule has 4 aromatic heterocycles. The summed E-state index contributed by atoms with van der Waals surface area (Å²) in [7, 11) is 0. The van der Waals surface area contributed by atoms with E-state index >= 15 is 0 Å². The molecular weight excluding hydrogens is 388 g/mol. The number of carbonyl (C=O) groups is 1. The van der Waals surface area contributed by atoms with Crippen LogP contribution in [0.4, 0.5) is 0 Å². The van der Waals surface area contributed by atoms with Gasteiger partial charge < -0.3 is 9.88 Å². The van der Waals surface area contributed by atoms with Crippen molar-refractivity contribution in [2.24, 2.45) is 5.92 Å². The fraction of sp³-hybridized carbons (Fsp3) is 0.208. The first-order valence-corrected chi connectivity index (χ1v) is 10.4. The highest BCUT2D eigenvalue weighted by atomic mass is 16.1. The molecule has 0 spiro atoms. The highest BCUT2D eigenvalue weighted by Gasteiger charge is 2.24. The van der Waals surface area contributed by atoms with Gasteiger partial charge >= 0.3 is 0 Å². The van der Waals surface area contributed by atoms with Crippen molar-refractivity contribution in [1.82, 2.24) is 29.8 Å². The van der Waals surface area contributed by atoms with Gasteiger partial charge in [-0.2, -0.15) is 0 Å². The van der Waals surface area contributed by atoms with Crippen molar-refractivity contribution in [2.75, 3.05) is 0 Å². The van der Waals surface area contributed by atoms with Gasteiger partial charge in [0.15, 0.2) is 5.82 Å². The Hall–Kier alpha value is -3.87. The molecule has 0 saturated heterocycles. The van der Waals surface area contributed by atoms with Crippen molar-refractivity contribution >= 4 is 5.91 Å².